The van der Waals surface area contributed by atoms with Gasteiger partial charge in [0.05, 0.1) is 151 Å². The van der Waals surface area contributed by atoms with Crippen molar-refractivity contribution in [3.8, 4) is 0 Å². The summed E-state index contributed by atoms with van der Waals surface area (Å²) in [7, 11) is 0. The van der Waals surface area contributed by atoms with Crippen LogP contribution in [0.1, 0.15) is 67.2 Å². The van der Waals surface area contributed by atoms with Crippen molar-refractivity contribution in [3.63, 3.8) is 0 Å². The summed E-state index contributed by atoms with van der Waals surface area (Å²) in [4.78, 5) is 103. The SMILES string of the molecule is CC(=O)NC1C(OCCOCCOCCNC(=O)CN(CCN(CC(=O)NCCOCCOCCOC2OC(CO)C(O)C(O)C2NC(C)=O)C(=O)CCCCCOP(O)(=S)OC(C)(C)C)CC(=O)NCCOCCOCCOC2OC(CO)C(O)C(O)C2NC(C)=O)OC(CO)C(O)C1O. The lowest BCUT2D eigenvalue weighted by Gasteiger charge is -2.42. The molecule has 3 rings (SSSR count). The Morgan fingerprint density at radius 3 is 1.10 bits per heavy atom. The van der Waals surface area contributed by atoms with E-state index in [1.165, 1.54) is 30.6 Å². The van der Waals surface area contributed by atoms with Gasteiger partial charge in [-0.1, -0.05) is 6.42 Å². The quantitative estimate of drug-likeness (QED) is 0.0199. The van der Waals surface area contributed by atoms with Crippen LogP contribution in [0.5, 0.6) is 0 Å². The van der Waals surface area contributed by atoms with Crippen LogP contribution in [0.3, 0.4) is 0 Å². The van der Waals surface area contributed by atoms with E-state index >= 15 is 0 Å². The molecule has 0 bridgehead atoms. The van der Waals surface area contributed by atoms with Gasteiger partial charge < -0.3 is 154 Å². The number of amides is 7. The van der Waals surface area contributed by atoms with E-state index < -0.39 is 172 Å². The van der Waals surface area contributed by atoms with Crippen molar-refractivity contribution in [2.45, 2.75) is 165 Å². The average Bonchev–Trinajstić information content (AvgIpc) is 0.822. The molecule has 0 aromatic carbocycles. The molecule has 7 amide bonds. The number of nitrogens with one attached hydrogen (secondary N) is 6. The molecule has 3 fully saturated rings. The molecule has 3 aliphatic rings. The van der Waals surface area contributed by atoms with Gasteiger partial charge in [0, 0.05) is 59.9 Å². The number of hydrogen-bond donors (Lipinski definition) is 16. The first-order chi connectivity index (χ1) is 48.0. The topological polar surface area (TPSA) is 530 Å². The van der Waals surface area contributed by atoms with Crippen molar-refractivity contribution in [1.82, 2.24) is 41.7 Å². The normalized spacial score (nSPS) is 26.0. The van der Waals surface area contributed by atoms with Crippen molar-refractivity contribution < 1.29 is 150 Å². The highest BCUT2D eigenvalue weighted by Gasteiger charge is 2.48. The number of nitrogens with zero attached hydrogens (tertiary/aromatic N) is 2. The molecule has 16 atom stereocenters. The average molecular weight is 1500 g/mol. The number of unbranched alkanes of at least 4 members (excludes halogenated alkanes) is 2. The van der Waals surface area contributed by atoms with E-state index in [2.05, 4.69) is 31.9 Å². The Hall–Kier alpha value is -4.06. The maximum absolute atomic E-state index is 13.9. The number of ether oxygens (including phenoxy) is 12. The molecule has 3 heterocycles. The second-order valence-corrected chi connectivity index (χ2v) is 27.2. The van der Waals surface area contributed by atoms with Crippen LogP contribution in [0.4, 0.5) is 0 Å². The van der Waals surface area contributed by atoms with Crippen LogP contribution in [-0.4, -0.2) is 377 Å². The van der Waals surface area contributed by atoms with Gasteiger partial charge in [-0.05, 0) is 45.4 Å². The summed E-state index contributed by atoms with van der Waals surface area (Å²) >= 11 is 5.12. The molecule has 41 heteroatoms. The first-order valence-corrected chi connectivity index (χ1v) is 36.1. The third-order valence-electron chi connectivity index (χ3n) is 14.9. The first kappa shape index (κ1) is 91.2. The van der Waals surface area contributed by atoms with Gasteiger partial charge in [0.25, 0.3) is 0 Å². The molecule has 588 valence electrons. The van der Waals surface area contributed by atoms with Crippen LogP contribution >= 0.6 is 6.72 Å². The van der Waals surface area contributed by atoms with Gasteiger partial charge in [0.2, 0.25) is 41.4 Å². The zero-order chi connectivity index (χ0) is 74.9. The summed E-state index contributed by atoms with van der Waals surface area (Å²) in [6, 6.07) is -3.36. The molecule has 0 spiro atoms. The molecule has 16 unspecified atom stereocenters. The summed E-state index contributed by atoms with van der Waals surface area (Å²) in [5, 5.41) is 106. The fourth-order valence-electron chi connectivity index (χ4n) is 10.0. The largest absolute Gasteiger partial charge is 0.394 e. The molecular weight excluding hydrogens is 1390 g/mol. The third-order valence-corrected chi connectivity index (χ3v) is 16.7. The van der Waals surface area contributed by atoms with E-state index in [0.29, 0.717) is 19.3 Å². The Balaban J connectivity index is 1.57. The van der Waals surface area contributed by atoms with E-state index in [1.807, 2.05) is 0 Å². The summed E-state index contributed by atoms with van der Waals surface area (Å²) in [6.07, 6.45) is -14.7. The predicted octanol–water partition coefficient (Wildman–Crippen LogP) is -7.95. The number of carbonyl (C=O) groups is 7. The van der Waals surface area contributed by atoms with Gasteiger partial charge >= 0.3 is 6.72 Å². The molecule has 16 N–H and O–H groups in total. The van der Waals surface area contributed by atoms with Crippen molar-refractivity contribution in [2.75, 3.05) is 178 Å². The molecule has 39 nitrogen and oxygen atoms in total. The monoisotopic (exact) mass is 1500 g/mol. The minimum atomic E-state index is -3.53. The number of aliphatic hydroxyl groups is 9. The highest BCUT2D eigenvalue weighted by Crippen LogP contribution is 2.47. The summed E-state index contributed by atoms with van der Waals surface area (Å²) < 4.78 is 77.9. The lowest BCUT2D eigenvalue weighted by Crippen LogP contribution is -2.64. The summed E-state index contributed by atoms with van der Waals surface area (Å²) in [6.45, 7) is 3.00. The fourth-order valence-corrected chi connectivity index (χ4v) is 12.0. The number of hydrogen-bond acceptors (Lipinski definition) is 32. The van der Waals surface area contributed by atoms with E-state index in [-0.39, 0.29) is 158 Å². The van der Waals surface area contributed by atoms with E-state index in [9.17, 15) is 84.4 Å². The molecule has 3 aliphatic heterocycles. The Morgan fingerprint density at radius 2 is 0.772 bits per heavy atom. The summed E-state index contributed by atoms with van der Waals surface area (Å²) in [5.74, 6) is -3.52. The van der Waals surface area contributed by atoms with Crippen LogP contribution in [0, 0.1) is 0 Å². The highest BCUT2D eigenvalue weighted by atomic mass is 32.5. The molecule has 0 radical (unpaired) electrons. The maximum atomic E-state index is 13.9. The van der Waals surface area contributed by atoms with Gasteiger partial charge in [0.15, 0.2) is 18.9 Å². The van der Waals surface area contributed by atoms with Gasteiger partial charge in [0.1, 0.15) is 73.1 Å². The van der Waals surface area contributed by atoms with E-state index in [1.54, 1.807) is 20.8 Å². The fraction of sp³-hybridized carbons (Fsp3) is 0.883. The van der Waals surface area contributed by atoms with Crippen LogP contribution in [-0.2, 0) is 111 Å². The Kier molecular flexibility index (Phi) is 45.5. The zero-order valence-electron chi connectivity index (χ0n) is 58.4. The van der Waals surface area contributed by atoms with E-state index in [0.717, 1.165) is 0 Å². The standard InChI is InChI=1S/C60H111N8O31PS/c1-38(72)64-48-54(82)51(79)41(35-69)96-57(48)92-29-26-89-23-20-86-17-11-61-44(75)32-67(33-45(76)62-12-18-87-21-24-90-27-30-93-58-49(65-39(2)73)55(83)52(80)42(36-70)97-58)14-15-68(47(78)10-8-7-9-16-95-100(85,101)99-60(4,5)6)34-46(77)63-13-19-88-22-25-91-28-31-94-59-50(66-40(3)74)56(84)53(81)43(37-71)98-59/h41-43,48-59,69-71,79-84H,7-37H2,1-6H3,(H,61,75)(H,62,76)(H,63,77)(H,64,72)(H,65,73)(H,66,74)(H,85,101). The molecule has 0 saturated carbocycles. The second-order valence-electron chi connectivity index (χ2n) is 24.5. The van der Waals surface area contributed by atoms with Gasteiger partial charge in [-0.3, -0.25) is 38.5 Å². The highest BCUT2D eigenvalue weighted by molar-refractivity contribution is 8.07. The molecule has 0 aliphatic carbocycles. The third kappa shape index (κ3) is 37.7. The molecule has 0 aromatic heterocycles. The van der Waals surface area contributed by atoms with Crippen molar-refractivity contribution in [2.24, 2.45) is 0 Å². The van der Waals surface area contributed by atoms with Gasteiger partial charge in [-0.2, -0.15) is 0 Å². The molecule has 3 saturated heterocycles. The Labute approximate surface area is 592 Å². The van der Waals surface area contributed by atoms with E-state index in [4.69, 9.17) is 77.7 Å². The second kappa shape index (κ2) is 50.4. The van der Waals surface area contributed by atoms with Crippen LogP contribution in [0.15, 0.2) is 0 Å². The van der Waals surface area contributed by atoms with Crippen LogP contribution < -0.4 is 31.9 Å². The lowest BCUT2D eigenvalue weighted by molar-refractivity contribution is -0.272. The lowest BCUT2D eigenvalue weighted by atomic mass is 9.97. The number of rotatable bonds is 53. The zero-order valence-corrected chi connectivity index (χ0v) is 60.1. The van der Waals surface area contributed by atoms with Crippen LogP contribution in [0.25, 0.3) is 0 Å². The van der Waals surface area contributed by atoms with Crippen molar-refractivity contribution in [3.05, 3.63) is 0 Å². The molecular formula is C60H111N8O31PS. The van der Waals surface area contributed by atoms with Gasteiger partial charge in [-0.15, -0.1) is 0 Å². The predicted molar refractivity (Wildman–Crippen MR) is 353 cm³/mol. The maximum Gasteiger partial charge on any atom is 0.325 e. The smallest absolute Gasteiger partial charge is 0.325 e. The minimum absolute atomic E-state index is 0.0135. The Morgan fingerprint density at radius 1 is 0.446 bits per heavy atom. The number of carbonyl (C=O) groups excluding carboxylic acids is 7. The Bertz CT molecular complexity index is 2360. The summed E-state index contributed by atoms with van der Waals surface area (Å²) in [5.41, 5.74) is -0.746. The van der Waals surface area contributed by atoms with Gasteiger partial charge in [-0.25, -0.2) is 0 Å². The number of aliphatic hydroxyl groups excluding tert-OH is 9. The van der Waals surface area contributed by atoms with Crippen molar-refractivity contribution >= 4 is 59.9 Å². The van der Waals surface area contributed by atoms with Crippen LogP contribution in [0.2, 0.25) is 0 Å². The molecule has 0 aromatic rings. The van der Waals surface area contributed by atoms with Crippen molar-refractivity contribution in [1.29, 1.82) is 0 Å². The molecule has 101 heavy (non-hydrogen) atoms. The minimum Gasteiger partial charge on any atom is -0.394 e. The first-order valence-electron chi connectivity index (χ1n) is 33.5.